The zero-order chi connectivity index (χ0) is 23.4. The number of para-hydroxylation sites is 1. The van der Waals surface area contributed by atoms with Crippen molar-refractivity contribution in [1.82, 2.24) is 4.90 Å². The normalized spacial score (nSPS) is 15.9. The summed E-state index contributed by atoms with van der Waals surface area (Å²) < 4.78 is 7.02. The van der Waals surface area contributed by atoms with E-state index in [1.54, 1.807) is 25.3 Å². The van der Waals surface area contributed by atoms with E-state index in [0.29, 0.717) is 28.1 Å². The Labute approximate surface area is 203 Å². The number of nitrogens with zero attached hydrogens (tertiary/aromatic N) is 2. The number of carbonyl (C=O) groups excluding carboxylic acids is 1. The first-order valence-corrected chi connectivity index (χ1v) is 11.6. The number of benzene rings is 3. The van der Waals surface area contributed by atoms with Crippen LogP contribution in [0, 0.1) is 0 Å². The van der Waals surface area contributed by atoms with Gasteiger partial charge in [0.05, 0.1) is 16.2 Å². The number of thioether (sulfide) groups is 1. The SMILES string of the molecule is CN1C(=O)/C(=C\c2ccccc2OCc2ccc(Br)cc2)SC1=Nc1cccc(C(=O)O)c1. The van der Waals surface area contributed by atoms with Crippen LogP contribution in [0.1, 0.15) is 21.5 Å². The number of aliphatic imine (C=N–C) groups is 1. The van der Waals surface area contributed by atoms with Crippen molar-refractivity contribution in [2.45, 2.75) is 6.61 Å². The molecule has 8 heteroatoms. The van der Waals surface area contributed by atoms with Crippen LogP contribution in [0.4, 0.5) is 5.69 Å². The van der Waals surface area contributed by atoms with Crippen molar-refractivity contribution in [3.8, 4) is 5.75 Å². The standard InChI is InChI=1S/C25H19BrN2O4S/c1-28-23(29)22(33-25(28)27-20-7-4-6-18(13-20)24(30)31)14-17-5-2-3-8-21(17)32-15-16-9-11-19(26)12-10-16/h2-14H,15H2,1H3,(H,30,31)/b22-14+,27-25?. The third-order valence-electron chi connectivity index (χ3n) is 4.83. The Bertz CT molecular complexity index is 1270. The van der Waals surface area contributed by atoms with E-state index in [2.05, 4.69) is 20.9 Å². The number of carboxylic acids is 1. The highest BCUT2D eigenvalue weighted by Crippen LogP contribution is 2.35. The van der Waals surface area contributed by atoms with E-state index in [4.69, 9.17) is 4.74 Å². The molecule has 1 fully saturated rings. The third-order valence-corrected chi connectivity index (χ3v) is 6.42. The van der Waals surface area contributed by atoms with E-state index in [9.17, 15) is 14.7 Å². The molecule has 1 amide bonds. The number of hydrogen-bond acceptors (Lipinski definition) is 5. The van der Waals surface area contributed by atoms with E-state index in [-0.39, 0.29) is 11.5 Å². The number of likely N-dealkylation sites (N-methyl/N-ethyl adjacent to an activating group) is 1. The lowest BCUT2D eigenvalue weighted by Gasteiger charge is -2.10. The first-order valence-electron chi connectivity index (χ1n) is 9.96. The summed E-state index contributed by atoms with van der Waals surface area (Å²) in [6.45, 7) is 0.404. The molecule has 1 aliphatic rings. The number of carbonyl (C=O) groups is 2. The molecule has 0 aliphatic carbocycles. The van der Waals surface area contributed by atoms with Crippen LogP contribution >= 0.6 is 27.7 Å². The second-order valence-corrected chi connectivity index (χ2v) is 9.10. The summed E-state index contributed by atoms with van der Waals surface area (Å²) in [5.41, 5.74) is 2.43. The molecule has 166 valence electrons. The highest BCUT2D eigenvalue weighted by Gasteiger charge is 2.30. The molecule has 0 spiro atoms. The average Bonchev–Trinajstić information content (AvgIpc) is 3.07. The number of hydrogen-bond donors (Lipinski definition) is 1. The topological polar surface area (TPSA) is 79.2 Å². The van der Waals surface area contributed by atoms with Gasteiger partial charge < -0.3 is 9.84 Å². The average molecular weight is 523 g/mol. The van der Waals surface area contributed by atoms with Crippen molar-refractivity contribution in [1.29, 1.82) is 0 Å². The molecule has 1 N–H and O–H groups in total. The molecule has 3 aromatic rings. The number of carboxylic acid groups (broad SMARTS) is 1. The maximum Gasteiger partial charge on any atom is 0.335 e. The van der Waals surface area contributed by atoms with E-state index < -0.39 is 5.97 Å². The molecule has 0 aromatic heterocycles. The van der Waals surface area contributed by atoms with Crippen molar-refractivity contribution < 1.29 is 19.4 Å². The fourth-order valence-corrected chi connectivity index (χ4v) is 4.33. The molecule has 0 atom stereocenters. The lowest BCUT2D eigenvalue weighted by molar-refractivity contribution is -0.121. The molecular weight excluding hydrogens is 504 g/mol. The van der Waals surface area contributed by atoms with Crippen LogP contribution in [0.25, 0.3) is 6.08 Å². The van der Waals surface area contributed by atoms with Crippen molar-refractivity contribution >= 4 is 56.5 Å². The predicted octanol–water partition coefficient (Wildman–Crippen LogP) is 5.96. The maximum absolute atomic E-state index is 12.8. The molecule has 0 unspecified atom stereocenters. The van der Waals surface area contributed by atoms with E-state index >= 15 is 0 Å². The van der Waals surface area contributed by atoms with Gasteiger partial charge in [-0.1, -0.05) is 52.3 Å². The molecule has 4 rings (SSSR count). The van der Waals surface area contributed by atoms with Gasteiger partial charge in [-0.2, -0.15) is 0 Å². The minimum atomic E-state index is -1.03. The summed E-state index contributed by atoms with van der Waals surface area (Å²) in [6, 6.07) is 21.7. The fourth-order valence-electron chi connectivity index (χ4n) is 3.08. The monoisotopic (exact) mass is 522 g/mol. The Morgan fingerprint density at radius 2 is 1.88 bits per heavy atom. The molecule has 33 heavy (non-hydrogen) atoms. The lowest BCUT2D eigenvalue weighted by Crippen LogP contribution is -2.23. The lowest BCUT2D eigenvalue weighted by atomic mass is 10.2. The summed E-state index contributed by atoms with van der Waals surface area (Å²) in [7, 11) is 1.64. The van der Waals surface area contributed by atoms with E-state index in [1.807, 2.05) is 48.5 Å². The predicted molar refractivity (Wildman–Crippen MR) is 134 cm³/mol. The molecule has 0 radical (unpaired) electrons. The number of amides is 1. The van der Waals surface area contributed by atoms with Gasteiger partial charge in [-0.15, -0.1) is 0 Å². The van der Waals surface area contributed by atoms with Crippen LogP contribution in [-0.2, 0) is 11.4 Å². The fraction of sp³-hybridized carbons (Fsp3) is 0.0800. The van der Waals surface area contributed by atoms with Gasteiger partial charge in [0.1, 0.15) is 12.4 Å². The number of amidine groups is 1. The first-order chi connectivity index (χ1) is 15.9. The van der Waals surface area contributed by atoms with Gasteiger partial charge in [0.2, 0.25) is 0 Å². The van der Waals surface area contributed by atoms with Gasteiger partial charge in [0, 0.05) is 17.1 Å². The zero-order valence-electron chi connectivity index (χ0n) is 17.6. The highest BCUT2D eigenvalue weighted by atomic mass is 79.9. The third kappa shape index (κ3) is 5.53. The van der Waals surface area contributed by atoms with E-state index in [0.717, 1.165) is 15.6 Å². The molecule has 1 heterocycles. The van der Waals surface area contributed by atoms with Crippen molar-refractivity contribution in [3.63, 3.8) is 0 Å². The Morgan fingerprint density at radius 3 is 2.64 bits per heavy atom. The van der Waals surface area contributed by atoms with Crippen molar-refractivity contribution in [3.05, 3.63) is 98.9 Å². The summed E-state index contributed by atoms with van der Waals surface area (Å²) in [4.78, 5) is 30.5. The van der Waals surface area contributed by atoms with Gasteiger partial charge in [0.15, 0.2) is 5.17 Å². The minimum absolute atomic E-state index is 0.140. The number of halogens is 1. The van der Waals surface area contributed by atoms with Crippen molar-refractivity contribution in [2.75, 3.05) is 7.05 Å². The highest BCUT2D eigenvalue weighted by molar-refractivity contribution is 9.10. The second-order valence-electron chi connectivity index (χ2n) is 7.18. The van der Waals surface area contributed by atoms with Crippen LogP contribution in [0.3, 0.4) is 0 Å². The van der Waals surface area contributed by atoms with Crippen molar-refractivity contribution in [2.24, 2.45) is 4.99 Å². The molecule has 0 saturated carbocycles. The van der Waals surface area contributed by atoms with Gasteiger partial charge in [0.25, 0.3) is 5.91 Å². The maximum atomic E-state index is 12.8. The Morgan fingerprint density at radius 1 is 1.12 bits per heavy atom. The smallest absolute Gasteiger partial charge is 0.335 e. The van der Waals surface area contributed by atoms with Gasteiger partial charge in [-0.05, 0) is 59.8 Å². The molecule has 1 saturated heterocycles. The number of ether oxygens (including phenoxy) is 1. The molecule has 3 aromatic carbocycles. The summed E-state index contributed by atoms with van der Waals surface area (Å²) in [5, 5.41) is 9.66. The summed E-state index contributed by atoms with van der Waals surface area (Å²) in [6.07, 6.45) is 1.79. The van der Waals surface area contributed by atoms with Crippen LogP contribution in [0.15, 0.2) is 87.2 Å². The van der Waals surface area contributed by atoms with Gasteiger partial charge in [-0.25, -0.2) is 9.79 Å². The van der Waals surface area contributed by atoms with Crippen LogP contribution in [-0.4, -0.2) is 34.1 Å². The Balaban J connectivity index is 1.56. The van der Waals surface area contributed by atoms with E-state index in [1.165, 1.54) is 28.8 Å². The first kappa shape index (κ1) is 22.8. The number of rotatable bonds is 6. The zero-order valence-corrected chi connectivity index (χ0v) is 20.0. The molecule has 0 bridgehead atoms. The summed E-state index contributed by atoms with van der Waals surface area (Å²) in [5.74, 6) is -0.541. The second kappa shape index (κ2) is 10.1. The Kier molecular flexibility index (Phi) is 6.96. The molecule has 1 aliphatic heterocycles. The minimum Gasteiger partial charge on any atom is -0.488 e. The van der Waals surface area contributed by atoms with Crippen LogP contribution in [0.5, 0.6) is 5.75 Å². The largest absolute Gasteiger partial charge is 0.488 e. The quantitative estimate of drug-likeness (QED) is 0.404. The number of aromatic carboxylic acids is 1. The summed E-state index contributed by atoms with van der Waals surface area (Å²) >= 11 is 4.66. The molecule has 6 nitrogen and oxygen atoms in total. The van der Waals surface area contributed by atoms with Gasteiger partial charge in [-0.3, -0.25) is 9.69 Å². The van der Waals surface area contributed by atoms with Crippen LogP contribution in [0.2, 0.25) is 0 Å². The molecular formula is C25H19BrN2O4S. The van der Waals surface area contributed by atoms with Crippen LogP contribution < -0.4 is 4.74 Å². The van der Waals surface area contributed by atoms with Gasteiger partial charge >= 0.3 is 5.97 Å². The Hall–Kier alpha value is -3.36.